The summed E-state index contributed by atoms with van der Waals surface area (Å²) in [7, 11) is 0. The number of nitrogens with zero attached hydrogens (tertiary/aromatic N) is 1. The standard InChI is InChI=1S/C14H26N2O/c1-12(17)15-9-8-13-4-6-14(7-5-13)16-10-2-3-11-16/h13-14H,2-11H2,1H3,(H,15,17). The van der Waals surface area contributed by atoms with E-state index in [4.69, 9.17) is 0 Å². The van der Waals surface area contributed by atoms with Crippen LogP contribution in [0.25, 0.3) is 0 Å². The number of likely N-dealkylation sites (tertiary alicyclic amines) is 1. The molecule has 0 bridgehead atoms. The predicted octanol–water partition coefficient (Wildman–Crippen LogP) is 2.17. The Kier molecular flexibility index (Phi) is 4.84. The predicted molar refractivity (Wildman–Crippen MR) is 69.9 cm³/mol. The summed E-state index contributed by atoms with van der Waals surface area (Å²) in [5.74, 6) is 0.955. The molecule has 1 N–H and O–H groups in total. The van der Waals surface area contributed by atoms with Gasteiger partial charge in [0.15, 0.2) is 0 Å². The summed E-state index contributed by atoms with van der Waals surface area (Å²) >= 11 is 0. The van der Waals surface area contributed by atoms with Crippen LogP contribution in [0.1, 0.15) is 51.9 Å². The molecule has 98 valence electrons. The van der Waals surface area contributed by atoms with Crippen molar-refractivity contribution in [2.75, 3.05) is 19.6 Å². The number of hydrogen-bond acceptors (Lipinski definition) is 2. The van der Waals surface area contributed by atoms with Crippen molar-refractivity contribution < 1.29 is 4.79 Å². The maximum Gasteiger partial charge on any atom is 0.216 e. The topological polar surface area (TPSA) is 32.3 Å². The van der Waals surface area contributed by atoms with Gasteiger partial charge in [-0.2, -0.15) is 0 Å². The van der Waals surface area contributed by atoms with Gasteiger partial charge in [-0.25, -0.2) is 0 Å². The molecule has 1 aliphatic carbocycles. The largest absolute Gasteiger partial charge is 0.356 e. The van der Waals surface area contributed by atoms with Crippen LogP contribution in [-0.4, -0.2) is 36.5 Å². The first-order chi connectivity index (χ1) is 8.25. The van der Waals surface area contributed by atoms with Gasteiger partial charge in [0.05, 0.1) is 0 Å². The van der Waals surface area contributed by atoms with E-state index in [-0.39, 0.29) is 5.91 Å². The average molecular weight is 238 g/mol. The van der Waals surface area contributed by atoms with Crippen LogP contribution in [0.15, 0.2) is 0 Å². The third kappa shape index (κ3) is 3.98. The minimum Gasteiger partial charge on any atom is -0.356 e. The highest BCUT2D eigenvalue weighted by Gasteiger charge is 2.26. The third-order valence-electron chi connectivity index (χ3n) is 4.40. The molecule has 0 spiro atoms. The fourth-order valence-electron chi connectivity index (χ4n) is 3.36. The Balaban J connectivity index is 1.62. The molecule has 0 aromatic heterocycles. The SMILES string of the molecule is CC(=O)NCCC1CCC(N2CCCC2)CC1. The molecule has 1 saturated heterocycles. The van der Waals surface area contributed by atoms with E-state index in [1.807, 2.05) is 0 Å². The molecule has 1 aliphatic heterocycles. The van der Waals surface area contributed by atoms with Gasteiger partial charge >= 0.3 is 0 Å². The van der Waals surface area contributed by atoms with E-state index in [2.05, 4.69) is 10.2 Å². The summed E-state index contributed by atoms with van der Waals surface area (Å²) in [6, 6.07) is 0.870. The van der Waals surface area contributed by atoms with Gasteiger partial charge in [0, 0.05) is 19.5 Å². The molecular formula is C14H26N2O. The normalized spacial score (nSPS) is 30.4. The number of hydrogen-bond donors (Lipinski definition) is 1. The number of carbonyl (C=O) groups is 1. The van der Waals surface area contributed by atoms with Gasteiger partial charge in [-0.3, -0.25) is 4.79 Å². The molecule has 3 heteroatoms. The van der Waals surface area contributed by atoms with Crippen LogP contribution in [0.3, 0.4) is 0 Å². The molecule has 1 saturated carbocycles. The van der Waals surface area contributed by atoms with Gasteiger partial charge in [-0.1, -0.05) is 0 Å². The lowest BCUT2D eigenvalue weighted by atomic mass is 9.83. The second-order valence-electron chi connectivity index (χ2n) is 5.69. The Morgan fingerprint density at radius 1 is 1.18 bits per heavy atom. The van der Waals surface area contributed by atoms with Crippen LogP contribution in [0.4, 0.5) is 0 Å². The monoisotopic (exact) mass is 238 g/mol. The van der Waals surface area contributed by atoms with Crippen LogP contribution in [0, 0.1) is 5.92 Å². The maximum absolute atomic E-state index is 10.8. The van der Waals surface area contributed by atoms with Crippen molar-refractivity contribution in [3.8, 4) is 0 Å². The third-order valence-corrected chi connectivity index (χ3v) is 4.40. The smallest absolute Gasteiger partial charge is 0.216 e. The van der Waals surface area contributed by atoms with Crippen molar-refractivity contribution >= 4 is 5.91 Å². The minimum absolute atomic E-state index is 0.107. The average Bonchev–Trinajstić information content (AvgIpc) is 2.83. The zero-order valence-corrected chi connectivity index (χ0v) is 11.1. The van der Waals surface area contributed by atoms with Gasteiger partial charge in [-0.05, 0) is 64.0 Å². The number of rotatable bonds is 4. The molecule has 0 atom stereocenters. The molecule has 0 unspecified atom stereocenters. The fourth-order valence-corrected chi connectivity index (χ4v) is 3.36. The second-order valence-corrected chi connectivity index (χ2v) is 5.69. The van der Waals surface area contributed by atoms with Crippen molar-refractivity contribution in [3.63, 3.8) is 0 Å². The quantitative estimate of drug-likeness (QED) is 0.814. The van der Waals surface area contributed by atoms with Crippen molar-refractivity contribution in [1.82, 2.24) is 10.2 Å². The minimum atomic E-state index is 0.107. The second kappa shape index (κ2) is 6.39. The van der Waals surface area contributed by atoms with E-state index >= 15 is 0 Å². The lowest BCUT2D eigenvalue weighted by molar-refractivity contribution is -0.119. The molecule has 1 heterocycles. The van der Waals surface area contributed by atoms with Gasteiger partial charge in [0.1, 0.15) is 0 Å². The highest BCUT2D eigenvalue weighted by Crippen LogP contribution is 2.30. The van der Waals surface area contributed by atoms with Crippen LogP contribution >= 0.6 is 0 Å². The molecule has 3 nitrogen and oxygen atoms in total. The number of nitrogens with one attached hydrogen (secondary N) is 1. The summed E-state index contributed by atoms with van der Waals surface area (Å²) in [6.45, 7) is 5.14. The Morgan fingerprint density at radius 2 is 1.82 bits per heavy atom. The molecule has 1 amide bonds. The number of carbonyl (C=O) groups excluding carboxylic acids is 1. The zero-order chi connectivity index (χ0) is 12.1. The Morgan fingerprint density at radius 3 is 2.41 bits per heavy atom. The first kappa shape index (κ1) is 12.9. The zero-order valence-electron chi connectivity index (χ0n) is 11.1. The molecule has 0 radical (unpaired) electrons. The van der Waals surface area contributed by atoms with Crippen LogP contribution in [0.5, 0.6) is 0 Å². The molecule has 0 aromatic rings. The Bertz CT molecular complexity index is 241. The molecule has 2 fully saturated rings. The molecular weight excluding hydrogens is 212 g/mol. The molecule has 17 heavy (non-hydrogen) atoms. The summed E-state index contributed by atoms with van der Waals surface area (Å²) in [5.41, 5.74) is 0. The van der Waals surface area contributed by atoms with Gasteiger partial charge in [-0.15, -0.1) is 0 Å². The van der Waals surface area contributed by atoms with Gasteiger partial charge in [0.2, 0.25) is 5.91 Å². The lowest BCUT2D eigenvalue weighted by Gasteiger charge is -2.34. The van der Waals surface area contributed by atoms with E-state index in [0.717, 1.165) is 18.5 Å². The first-order valence-corrected chi connectivity index (χ1v) is 7.24. The van der Waals surface area contributed by atoms with E-state index in [9.17, 15) is 4.79 Å². The van der Waals surface area contributed by atoms with E-state index in [1.54, 1.807) is 6.92 Å². The van der Waals surface area contributed by atoms with E-state index in [1.165, 1.54) is 58.0 Å². The van der Waals surface area contributed by atoms with Gasteiger partial charge < -0.3 is 10.2 Å². The van der Waals surface area contributed by atoms with E-state index in [0.29, 0.717) is 0 Å². The number of amides is 1. The van der Waals surface area contributed by atoms with E-state index < -0.39 is 0 Å². The van der Waals surface area contributed by atoms with Crippen molar-refractivity contribution in [2.45, 2.75) is 57.9 Å². The molecule has 0 aromatic carbocycles. The molecule has 2 rings (SSSR count). The van der Waals surface area contributed by atoms with Crippen molar-refractivity contribution in [1.29, 1.82) is 0 Å². The highest BCUT2D eigenvalue weighted by atomic mass is 16.1. The summed E-state index contributed by atoms with van der Waals surface area (Å²) in [6.07, 6.45) is 9.47. The Hall–Kier alpha value is -0.570. The van der Waals surface area contributed by atoms with Crippen LogP contribution < -0.4 is 5.32 Å². The Labute approximate surface area is 105 Å². The fraction of sp³-hybridized carbons (Fsp3) is 0.929. The lowest BCUT2D eigenvalue weighted by Crippen LogP contribution is -2.36. The highest BCUT2D eigenvalue weighted by molar-refractivity contribution is 5.72. The summed E-state index contributed by atoms with van der Waals surface area (Å²) in [5, 5.41) is 2.91. The summed E-state index contributed by atoms with van der Waals surface area (Å²) < 4.78 is 0. The van der Waals surface area contributed by atoms with Crippen LogP contribution in [0.2, 0.25) is 0 Å². The van der Waals surface area contributed by atoms with Crippen LogP contribution in [-0.2, 0) is 4.79 Å². The maximum atomic E-state index is 10.8. The van der Waals surface area contributed by atoms with Crippen molar-refractivity contribution in [2.24, 2.45) is 5.92 Å². The van der Waals surface area contributed by atoms with Crippen molar-refractivity contribution in [3.05, 3.63) is 0 Å². The van der Waals surface area contributed by atoms with Gasteiger partial charge in [0.25, 0.3) is 0 Å². The summed E-state index contributed by atoms with van der Waals surface area (Å²) in [4.78, 5) is 13.5. The molecule has 2 aliphatic rings. The first-order valence-electron chi connectivity index (χ1n) is 7.24.